The Bertz CT molecular complexity index is 1870. The fourth-order valence-corrected chi connectivity index (χ4v) is 7.21. The van der Waals surface area contributed by atoms with Crippen LogP contribution in [0.25, 0.3) is 21.8 Å². The van der Waals surface area contributed by atoms with E-state index >= 15 is 0 Å². The summed E-state index contributed by atoms with van der Waals surface area (Å²) in [6.07, 6.45) is 0.556. The van der Waals surface area contributed by atoms with Crippen LogP contribution in [0.5, 0.6) is 0 Å². The molecule has 0 aliphatic carbocycles. The zero-order valence-electron chi connectivity index (χ0n) is 23.2. The van der Waals surface area contributed by atoms with Gasteiger partial charge in [-0.3, -0.25) is 9.97 Å². The van der Waals surface area contributed by atoms with Gasteiger partial charge in [0, 0.05) is 69.8 Å². The first-order valence-electron chi connectivity index (χ1n) is 13.5. The summed E-state index contributed by atoms with van der Waals surface area (Å²) in [4.78, 5) is 9.24. The number of pyridine rings is 2. The molecule has 0 saturated carbocycles. The van der Waals surface area contributed by atoms with Crippen LogP contribution in [0.15, 0.2) is 77.7 Å². The predicted molar refractivity (Wildman–Crippen MR) is 175 cm³/mol. The van der Waals surface area contributed by atoms with Gasteiger partial charge in [0.2, 0.25) is 10.0 Å². The quantitative estimate of drug-likeness (QED) is 0.142. The smallest absolute Gasteiger partial charge is 0.244 e. The molecule has 7 nitrogen and oxygen atoms in total. The number of aromatic nitrogens is 2. The molecule has 42 heavy (non-hydrogen) atoms. The maximum absolute atomic E-state index is 13.8. The lowest BCUT2D eigenvalue weighted by molar-refractivity contribution is 0.419. The molecule has 0 aliphatic rings. The molecule has 0 bridgehead atoms. The van der Waals surface area contributed by atoms with E-state index in [1.807, 2.05) is 56.3 Å². The second-order valence-electron chi connectivity index (χ2n) is 9.99. The molecule has 0 spiro atoms. The van der Waals surface area contributed by atoms with Gasteiger partial charge >= 0.3 is 0 Å². The van der Waals surface area contributed by atoms with Crippen LogP contribution in [0.3, 0.4) is 0 Å². The molecule has 218 valence electrons. The Morgan fingerprint density at radius 1 is 0.714 bits per heavy atom. The number of aryl methyl sites for hydroxylation is 2. The summed E-state index contributed by atoms with van der Waals surface area (Å²) in [6.45, 7) is 5.28. The Kier molecular flexibility index (Phi) is 9.40. The average Bonchev–Trinajstić information content (AvgIpc) is 2.94. The number of halogens is 3. The van der Waals surface area contributed by atoms with E-state index in [-0.39, 0.29) is 23.0 Å². The Labute approximate surface area is 260 Å². The van der Waals surface area contributed by atoms with Crippen molar-refractivity contribution in [2.24, 2.45) is 0 Å². The number of nitrogens with one attached hydrogen (secondary N) is 2. The van der Waals surface area contributed by atoms with E-state index in [2.05, 4.69) is 20.6 Å². The van der Waals surface area contributed by atoms with Gasteiger partial charge in [-0.05, 0) is 80.9 Å². The minimum absolute atomic E-state index is 0.0852. The highest BCUT2D eigenvalue weighted by molar-refractivity contribution is 7.89. The molecule has 0 unspecified atom stereocenters. The molecular formula is C31H30Cl3N5O2S. The summed E-state index contributed by atoms with van der Waals surface area (Å²) in [6, 6.07) is 21.5. The monoisotopic (exact) mass is 641 g/mol. The predicted octanol–water partition coefficient (Wildman–Crippen LogP) is 7.97. The lowest BCUT2D eigenvalue weighted by Gasteiger charge is -2.24. The first kappa shape index (κ1) is 30.3. The van der Waals surface area contributed by atoms with Crippen LogP contribution in [-0.2, 0) is 10.0 Å². The Morgan fingerprint density at radius 3 is 1.83 bits per heavy atom. The van der Waals surface area contributed by atoms with Crippen molar-refractivity contribution in [3.8, 4) is 0 Å². The molecule has 0 amide bonds. The van der Waals surface area contributed by atoms with Crippen LogP contribution in [0.2, 0.25) is 15.1 Å². The number of nitrogens with zero attached hydrogens (tertiary/aromatic N) is 3. The lowest BCUT2D eigenvalue weighted by Crippen LogP contribution is -2.36. The third kappa shape index (κ3) is 6.90. The van der Waals surface area contributed by atoms with Gasteiger partial charge in [0.05, 0.1) is 16.1 Å². The summed E-state index contributed by atoms with van der Waals surface area (Å²) in [7, 11) is -3.86. The first-order chi connectivity index (χ1) is 20.1. The van der Waals surface area contributed by atoms with E-state index in [9.17, 15) is 8.42 Å². The van der Waals surface area contributed by atoms with E-state index < -0.39 is 10.0 Å². The van der Waals surface area contributed by atoms with Crippen molar-refractivity contribution in [2.75, 3.05) is 36.8 Å². The van der Waals surface area contributed by atoms with Gasteiger partial charge in [0.25, 0.3) is 0 Å². The van der Waals surface area contributed by atoms with E-state index in [1.165, 1.54) is 10.4 Å². The topological polar surface area (TPSA) is 87.2 Å². The van der Waals surface area contributed by atoms with E-state index in [4.69, 9.17) is 34.8 Å². The maximum atomic E-state index is 13.8. The summed E-state index contributed by atoms with van der Waals surface area (Å²) in [5.74, 6) is 0. The van der Waals surface area contributed by atoms with Crippen molar-refractivity contribution in [1.82, 2.24) is 14.3 Å². The zero-order chi connectivity index (χ0) is 29.9. The van der Waals surface area contributed by atoms with Crippen molar-refractivity contribution in [2.45, 2.75) is 25.2 Å². The molecular weight excluding hydrogens is 613 g/mol. The van der Waals surface area contributed by atoms with E-state index in [0.717, 1.165) is 44.6 Å². The summed E-state index contributed by atoms with van der Waals surface area (Å²) >= 11 is 18.8. The average molecular weight is 643 g/mol. The molecule has 0 saturated heterocycles. The number of fused-ring (bicyclic) bond motifs is 2. The van der Waals surface area contributed by atoms with Crippen LogP contribution < -0.4 is 10.6 Å². The molecule has 2 N–H and O–H groups in total. The molecule has 11 heteroatoms. The zero-order valence-corrected chi connectivity index (χ0v) is 26.2. The Balaban J connectivity index is 1.33. The van der Waals surface area contributed by atoms with Gasteiger partial charge in [-0.25, -0.2) is 8.42 Å². The molecule has 5 aromatic rings. The number of hydrogen-bond donors (Lipinski definition) is 2. The number of anilines is 2. The largest absolute Gasteiger partial charge is 0.384 e. The molecule has 2 heterocycles. The van der Waals surface area contributed by atoms with Gasteiger partial charge in [-0.15, -0.1) is 0 Å². The lowest BCUT2D eigenvalue weighted by atomic mass is 10.1. The normalized spacial score (nSPS) is 11.9. The van der Waals surface area contributed by atoms with Gasteiger partial charge in [-0.2, -0.15) is 4.31 Å². The minimum atomic E-state index is -3.86. The molecule has 3 aromatic carbocycles. The summed E-state index contributed by atoms with van der Waals surface area (Å²) < 4.78 is 29.0. The SMILES string of the molecule is Cc1cc(NCCCN(CCNc2cc(C)nc3ccc(Cl)cc23)S(=O)(=O)c2ccccc2Cl)c2cc(Cl)ccc2n1. The molecule has 2 aromatic heterocycles. The number of hydrogen-bond acceptors (Lipinski definition) is 6. The maximum Gasteiger partial charge on any atom is 0.244 e. The van der Waals surface area contributed by atoms with Crippen molar-refractivity contribution >= 4 is 78.0 Å². The van der Waals surface area contributed by atoms with Crippen molar-refractivity contribution in [1.29, 1.82) is 0 Å². The molecule has 0 atom stereocenters. The van der Waals surface area contributed by atoms with Gasteiger partial charge < -0.3 is 10.6 Å². The fourth-order valence-electron chi connectivity index (χ4n) is 4.89. The van der Waals surface area contributed by atoms with Crippen molar-refractivity contribution in [3.05, 3.63) is 99.3 Å². The van der Waals surface area contributed by atoms with Gasteiger partial charge in [0.1, 0.15) is 4.90 Å². The minimum Gasteiger partial charge on any atom is -0.384 e. The number of sulfonamides is 1. The van der Waals surface area contributed by atoms with Crippen LogP contribution in [0.1, 0.15) is 17.8 Å². The third-order valence-corrected chi connectivity index (χ3v) is 9.70. The van der Waals surface area contributed by atoms with Crippen LogP contribution >= 0.6 is 34.8 Å². The van der Waals surface area contributed by atoms with E-state index in [0.29, 0.717) is 29.6 Å². The first-order valence-corrected chi connectivity index (χ1v) is 16.1. The highest BCUT2D eigenvalue weighted by Crippen LogP contribution is 2.28. The van der Waals surface area contributed by atoms with Gasteiger partial charge in [0.15, 0.2) is 0 Å². The van der Waals surface area contributed by atoms with Crippen LogP contribution in [0.4, 0.5) is 11.4 Å². The second-order valence-corrected chi connectivity index (χ2v) is 13.2. The Morgan fingerprint density at radius 2 is 1.26 bits per heavy atom. The van der Waals surface area contributed by atoms with Gasteiger partial charge in [-0.1, -0.05) is 46.9 Å². The van der Waals surface area contributed by atoms with Crippen LogP contribution in [-0.4, -0.2) is 48.9 Å². The Hall–Kier alpha value is -3.14. The summed E-state index contributed by atoms with van der Waals surface area (Å²) in [5, 5.41) is 10.1. The number of rotatable bonds is 11. The highest BCUT2D eigenvalue weighted by atomic mass is 35.5. The van der Waals surface area contributed by atoms with Crippen molar-refractivity contribution in [3.63, 3.8) is 0 Å². The molecule has 0 fully saturated rings. The third-order valence-electron chi connectivity index (χ3n) is 6.83. The highest BCUT2D eigenvalue weighted by Gasteiger charge is 2.26. The second kappa shape index (κ2) is 13.0. The number of benzene rings is 3. The van der Waals surface area contributed by atoms with Crippen LogP contribution in [0, 0.1) is 13.8 Å². The molecule has 5 rings (SSSR count). The van der Waals surface area contributed by atoms with Crippen molar-refractivity contribution < 1.29 is 8.42 Å². The molecule has 0 radical (unpaired) electrons. The fraction of sp³-hybridized carbons (Fsp3) is 0.226. The van der Waals surface area contributed by atoms with E-state index in [1.54, 1.807) is 24.3 Å². The molecule has 0 aliphatic heterocycles. The summed E-state index contributed by atoms with van der Waals surface area (Å²) in [5.41, 5.74) is 5.13. The standard InChI is InChI=1S/C31H30Cl3N5O2S/c1-20-16-29(24-18-22(32)8-10-27(24)37-20)35-12-5-14-39(42(40,41)31-7-4-3-6-26(31)34)15-13-36-30-17-21(2)38-28-11-9-23(33)19-25(28)30/h3-4,6-11,16-19H,5,12-15H2,1-2H3,(H,35,37)(H,36,38).